The van der Waals surface area contributed by atoms with Gasteiger partial charge in [-0.25, -0.2) is 4.79 Å². The van der Waals surface area contributed by atoms with E-state index in [1.165, 1.54) is 12.8 Å². The van der Waals surface area contributed by atoms with Gasteiger partial charge in [-0.1, -0.05) is 33.1 Å². The number of rotatable bonds is 7. The number of carbonyl (C=O) groups excluding carboxylic acids is 1. The lowest BCUT2D eigenvalue weighted by Crippen LogP contribution is -2.08. The monoisotopic (exact) mass is 210 g/mol. The minimum Gasteiger partial charge on any atom is -0.462 e. The number of hydrogen-bond donors (Lipinski definition) is 0. The van der Waals surface area contributed by atoms with Gasteiger partial charge in [0.05, 0.1) is 12.2 Å². The lowest BCUT2D eigenvalue weighted by molar-refractivity contribution is -0.139. The predicted molar refractivity (Wildman–Crippen MR) is 62.7 cm³/mol. The Kier molecular flexibility index (Phi) is 8.90. The van der Waals surface area contributed by atoms with Crippen molar-refractivity contribution < 1.29 is 9.53 Å². The lowest BCUT2D eigenvalue weighted by Gasteiger charge is -2.04. The van der Waals surface area contributed by atoms with Gasteiger partial charge >= 0.3 is 5.97 Å². The molecule has 2 nitrogen and oxygen atoms in total. The van der Waals surface area contributed by atoms with Gasteiger partial charge in [0.15, 0.2) is 0 Å². The molecule has 0 spiro atoms. The van der Waals surface area contributed by atoms with Gasteiger partial charge in [-0.2, -0.15) is 0 Å². The van der Waals surface area contributed by atoms with Gasteiger partial charge in [0, 0.05) is 0 Å². The quantitative estimate of drug-likeness (QED) is 0.277. The van der Waals surface area contributed by atoms with Gasteiger partial charge < -0.3 is 4.74 Å². The number of unbranched alkanes of at least 4 members (excludes halogenated alkanes) is 3. The zero-order valence-corrected chi connectivity index (χ0v) is 10.1. The molecule has 0 aliphatic carbocycles. The van der Waals surface area contributed by atoms with E-state index in [1.54, 1.807) is 6.08 Å². The molecule has 0 N–H and O–H groups in total. The summed E-state index contributed by atoms with van der Waals surface area (Å²) in [5.41, 5.74) is 3.53. The highest BCUT2D eigenvalue weighted by atomic mass is 16.5. The molecule has 0 saturated carbocycles. The van der Waals surface area contributed by atoms with Crippen LogP contribution in [0, 0.1) is 0 Å². The summed E-state index contributed by atoms with van der Waals surface area (Å²) in [6.07, 6.45) is 6.94. The van der Waals surface area contributed by atoms with Crippen LogP contribution in [0.15, 0.2) is 17.4 Å². The molecule has 0 atom stereocenters. The molecule has 0 aliphatic heterocycles. The maximum atomic E-state index is 11.5. The second-order valence-corrected chi connectivity index (χ2v) is 3.46. The topological polar surface area (TPSA) is 26.3 Å². The van der Waals surface area contributed by atoms with Crippen LogP contribution in [-0.2, 0) is 9.53 Å². The van der Waals surface area contributed by atoms with E-state index >= 15 is 0 Å². The summed E-state index contributed by atoms with van der Waals surface area (Å²) in [6.45, 7) is 6.48. The van der Waals surface area contributed by atoms with Crippen LogP contribution in [0.5, 0.6) is 0 Å². The van der Waals surface area contributed by atoms with E-state index in [9.17, 15) is 4.79 Å². The molecule has 0 aromatic heterocycles. The summed E-state index contributed by atoms with van der Waals surface area (Å²) in [5.74, 6) is -0.216. The average Bonchev–Trinajstić information content (AvgIpc) is 2.25. The fourth-order valence-corrected chi connectivity index (χ4v) is 1.26. The van der Waals surface area contributed by atoms with Gasteiger partial charge in [-0.3, -0.25) is 0 Å². The number of carbonyl (C=O) groups is 1. The van der Waals surface area contributed by atoms with Crippen molar-refractivity contribution in [1.82, 2.24) is 0 Å². The molecule has 0 amide bonds. The van der Waals surface area contributed by atoms with Crippen molar-refractivity contribution in [2.24, 2.45) is 0 Å². The van der Waals surface area contributed by atoms with E-state index in [1.807, 2.05) is 13.8 Å². The number of ether oxygens (including phenoxy) is 1. The van der Waals surface area contributed by atoms with Crippen LogP contribution in [-0.4, -0.2) is 12.6 Å². The highest BCUT2D eigenvalue weighted by molar-refractivity contribution is 5.88. The molecule has 0 unspecified atom stereocenters. The molecule has 0 bridgehead atoms. The van der Waals surface area contributed by atoms with Gasteiger partial charge in [-0.05, 0) is 25.8 Å². The highest BCUT2D eigenvalue weighted by Crippen LogP contribution is 2.04. The molecular weight excluding hydrogens is 188 g/mol. The first-order chi connectivity index (χ1) is 7.26. The highest BCUT2D eigenvalue weighted by Gasteiger charge is 2.07. The minimum absolute atomic E-state index is 0.216. The normalized spacial score (nSPS) is 9.27. The maximum absolute atomic E-state index is 11.5. The number of hydrogen-bond acceptors (Lipinski definition) is 2. The Morgan fingerprint density at radius 2 is 2.00 bits per heavy atom. The Morgan fingerprint density at radius 3 is 2.53 bits per heavy atom. The second-order valence-electron chi connectivity index (χ2n) is 3.46. The van der Waals surface area contributed by atoms with Gasteiger partial charge in [-0.15, -0.1) is 5.73 Å². The lowest BCUT2D eigenvalue weighted by atomic mass is 10.2. The summed E-state index contributed by atoms with van der Waals surface area (Å²) in [4.78, 5) is 11.5. The second kappa shape index (κ2) is 9.54. The number of esters is 1. The van der Waals surface area contributed by atoms with E-state index < -0.39 is 0 Å². The molecule has 0 fully saturated rings. The van der Waals surface area contributed by atoms with Crippen molar-refractivity contribution in [3.63, 3.8) is 0 Å². The van der Waals surface area contributed by atoms with Crippen LogP contribution < -0.4 is 0 Å². The fraction of sp³-hybridized carbons (Fsp3) is 0.692. The average molecular weight is 210 g/mol. The van der Waals surface area contributed by atoms with Crippen LogP contribution in [0.3, 0.4) is 0 Å². The first kappa shape index (κ1) is 14.0. The molecule has 2 heteroatoms. The van der Waals surface area contributed by atoms with Crippen molar-refractivity contribution in [3.8, 4) is 0 Å². The third kappa shape index (κ3) is 6.98. The van der Waals surface area contributed by atoms with E-state index in [2.05, 4.69) is 12.7 Å². The van der Waals surface area contributed by atoms with Crippen molar-refractivity contribution in [3.05, 3.63) is 17.4 Å². The summed E-state index contributed by atoms with van der Waals surface area (Å²) < 4.78 is 5.14. The maximum Gasteiger partial charge on any atom is 0.341 e. The SMILES string of the molecule is CC=C=C(CC)C(=O)OCCCCCC. The van der Waals surface area contributed by atoms with Crippen LogP contribution in [0.2, 0.25) is 0 Å². The van der Waals surface area contributed by atoms with Crippen molar-refractivity contribution in [2.45, 2.75) is 52.9 Å². The zero-order valence-electron chi connectivity index (χ0n) is 10.1. The summed E-state index contributed by atoms with van der Waals surface area (Å²) in [7, 11) is 0. The smallest absolute Gasteiger partial charge is 0.341 e. The summed E-state index contributed by atoms with van der Waals surface area (Å²) in [5, 5.41) is 0. The molecule has 0 aromatic carbocycles. The van der Waals surface area contributed by atoms with E-state index in [-0.39, 0.29) is 5.97 Å². The van der Waals surface area contributed by atoms with Crippen LogP contribution in [0.4, 0.5) is 0 Å². The third-order valence-electron chi connectivity index (χ3n) is 2.15. The van der Waals surface area contributed by atoms with Crippen molar-refractivity contribution >= 4 is 5.97 Å². The van der Waals surface area contributed by atoms with Gasteiger partial charge in [0.2, 0.25) is 0 Å². The Hall–Kier alpha value is -1.01. The van der Waals surface area contributed by atoms with Gasteiger partial charge in [0.25, 0.3) is 0 Å². The Morgan fingerprint density at radius 1 is 1.27 bits per heavy atom. The fourth-order valence-electron chi connectivity index (χ4n) is 1.26. The van der Waals surface area contributed by atoms with Crippen LogP contribution in [0.25, 0.3) is 0 Å². The summed E-state index contributed by atoms with van der Waals surface area (Å²) in [6, 6.07) is 0. The Labute approximate surface area is 93.0 Å². The third-order valence-corrected chi connectivity index (χ3v) is 2.15. The molecule has 0 aliphatic rings. The minimum atomic E-state index is -0.216. The summed E-state index contributed by atoms with van der Waals surface area (Å²) >= 11 is 0. The molecule has 15 heavy (non-hydrogen) atoms. The standard InChI is InChI=1S/C13H22O2/c1-4-7-8-9-11-15-13(14)12(6-3)10-5-2/h5H,4,6-9,11H2,1-3H3. The van der Waals surface area contributed by atoms with Gasteiger partial charge in [0.1, 0.15) is 0 Å². The molecule has 0 rings (SSSR count). The zero-order chi connectivity index (χ0) is 11.5. The Balaban J connectivity index is 3.78. The molecule has 0 heterocycles. The Bertz CT molecular complexity index is 235. The predicted octanol–water partition coefficient (Wildman–Crippen LogP) is 3.62. The van der Waals surface area contributed by atoms with E-state index in [0.29, 0.717) is 18.6 Å². The first-order valence-corrected chi connectivity index (χ1v) is 5.83. The van der Waals surface area contributed by atoms with E-state index in [0.717, 1.165) is 12.8 Å². The largest absolute Gasteiger partial charge is 0.462 e. The van der Waals surface area contributed by atoms with E-state index in [4.69, 9.17) is 4.74 Å². The van der Waals surface area contributed by atoms with Crippen molar-refractivity contribution in [1.29, 1.82) is 0 Å². The molecule has 0 saturated heterocycles. The van der Waals surface area contributed by atoms with Crippen molar-refractivity contribution in [2.75, 3.05) is 6.61 Å². The molecular formula is C13H22O2. The van der Waals surface area contributed by atoms with Crippen LogP contribution >= 0.6 is 0 Å². The molecule has 86 valence electrons. The molecule has 0 aromatic rings. The molecule has 0 radical (unpaired) electrons. The van der Waals surface area contributed by atoms with Crippen LogP contribution in [0.1, 0.15) is 52.9 Å². The first-order valence-electron chi connectivity index (χ1n) is 5.83.